The number of esters is 1. The van der Waals surface area contributed by atoms with E-state index in [-0.39, 0.29) is 17.5 Å². The Hall–Kier alpha value is -0.570. The molecule has 3 nitrogen and oxygen atoms in total. The molecule has 0 amide bonds. The molecular formula is C12H20O3. The zero-order chi connectivity index (χ0) is 11.2. The van der Waals surface area contributed by atoms with E-state index >= 15 is 0 Å². The fourth-order valence-corrected chi connectivity index (χ4v) is 2.88. The summed E-state index contributed by atoms with van der Waals surface area (Å²) in [5.74, 6) is 0.874. The lowest BCUT2D eigenvalue weighted by molar-refractivity contribution is -0.145. The molecule has 4 atom stereocenters. The molecule has 2 aliphatic rings. The van der Waals surface area contributed by atoms with Gasteiger partial charge in [-0.1, -0.05) is 20.8 Å². The standard InChI is InChI=1S/C12H20O3/c1-7(2)8-4-9(13)12(3)6-11(14)15-10(12)5-8/h7-10,13H,4-6H2,1-3H3. The summed E-state index contributed by atoms with van der Waals surface area (Å²) >= 11 is 0. The van der Waals surface area contributed by atoms with Crippen molar-refractivity contribution in [3.05, 3.63) is 0 Å². The molecule has 1 aliphatic heterocycles. The van der Waals surface area contributed by atoms with Gasteiger partial charge < -0.3 is 9.84 Å². The number of aliphatic hydroxyl groups is 1. The predicted molar refractivity (Wildman–Crippen MR) is 56.2 cm³/mol. The first-order valence-corrected chi connectivity index (χ1v) is 5.81. The molecule has 4 unspecified atom stereocenters. The van der Waals surface area contributed by atoms with E-state index in [0.29, 0.717) is 18.3 Å². The molecule has 1 N–H and O–H groups in total. The second kappa shape index (κ2) is 3.48. The first-order valence-electron chi connectivity index (χ1n) is 5.81. The van der Waals surface area contributed by atoms with Crippen molar-refractivity contribution in [3.8, 4) is 0 Å². The summed E-state index contributed by atoms with van der Waals surface area (Å²) in [6.07, 6.45) is 1.64. The van der Waals surface area contributed by atoms with E-state index in [1.54, 1.807) is 0 Å². The third-order valence-corrected chi connectivity index (χ3v) is 4.28. The van der Waals surface area contributed by atoms with E-state index in [9.17, 15) is 9.90 Å². The van der Waals surface area contributed by atoms with Crippen LogP contribution in [0.15, 0.2) is 0 Å². The maximum Gasteiger partial charge on any atom is 0.306 e. The third-order valence-electron chi connectivity index (χ3n) is 4.28. The molecule has 86 valence electrons. The zero-order valence-corrected chi connectivity index (χ0v) is 9.69. The van der Waals surface area contributed by atoms with Crippen LogP contribution in [0.4, 0.5) is 0 Å². The van der Waals surface area contributed by atoms with Gasteiger partial charge in [0, 0.05) is 5.41 Å². The van der Waals surface area contributed by atoms with E-state index in [1.165, 1.54) is 0 Å². The van der Waals surface area contributed by atoms with Crippen LogP contribution < -0.4 is 0 Å². The summed E-state index contributed by atoms with van der Waals surface area (Å²) in [7, 11) is 0. The van der Waals surface area contributed by atoms with Crippen molar-refractivity contribution in [2.45, 2.75) is 52.2 Å². The van der Waals surface area contributed by atoms with Crippen LogP contribution >= 0.6 is 0 Å². The average Bonchev–Trinajstić information content (AvgIpc) is 2.41. The Morgan fingerprint density at radius 2 is 2.13 bits per heavy atom. The molecule has 0 spiro atoms. The van der Waals surface area contributed by atoms with Gasteiger partial charge in [0.2, 0.25) is 0 Å². The molecular weight excluding hydrogens is 192 g/mol. The molecule has 2 fully saturated rings. The number of ether oxygens (including phenoxy) is 1. The SMILES string of the molecule is CC(C)C1CC(O)C2(C)CC(=O)OC2C1. The van der Waals surface area contributed by atoms with Gasteiger partial charge in [0.25, 0.3) is 0 Å². The monoisotopic (exact) mass is 212 g/mol. The second-order valence-corrected chi connectivity index (χ2v) is 5.65. The molecule has 0 radical (unpaired) electrons. The highest BCUT2D eigenvalue weighted by Gasteiger charge is 2.54. The minimum Gasteiger partial charge on any atom is -0.462 e. The molecule has 1 saturated heterocycles. The Morgan fingerprint density at radius 3 is 2.73 bits per heavy atom. The van der Waals surface area contributed by atoms with Gasteiger partial charge in [-0.25, -0.2) is 0 Å². The van der Waals surface area contributed by atoms with Crippen LogP contribution in [-0.4, -0.2) is 23.3 Å². The van der Waals surface area contributed by atoms with E-state index in [1.807, 2.05) is 6.92 Å². The largest absolute Gasteiger partial charge is 0.462 e. The molecule has 3 heteroatoms. The van der Waals surface area contributed by atoms with Crippen molar-refractivity contribution in [2.75, 3.05) is 0 Å². The van der Waals surface area contributed by atoms with Crippen LogP contribution in [-0.2, 0) is 9.53 Å². The van der Waals surface area contributed by atoms with Crippen LogP contribution in [0.5, 0.6) is 0 Å². The van der Waals surface area contributed by atoms with E-state index in [0.717, 1.165) is 12.8 Å². The molecule has 0 bridgehead atoms. The predicted octanol–water partition coefficient (Wildman–Crippen LogP) is 1.74. The fraction of sp³-hybridized carbons (Fsp3) is 0.917. The van der Waals surface area contributed by atoms with Crippen molar-refractivity contribution >= 4 is 5.97 Å². The Kier molecular flexibility index (Phi) is 2.53. The minimum atomic E-state index is -0.393. The Balaban J connectivity index is 2.17. The zero-order valence-electron chi connectivity index (χ0n) is 9.69. The lowest BCUT2D eigenvalue weighted by atomic mass is 9.65. The van der Waals surface area contributed by atoms with E-state index in [4.69, 9.17) is 4.74 Å². The maximum atomic E-state index is 11.3. The summed E-state index contributed by atoms with van der Waals surface area (Å²) in [5, 5.41) is 10.1. The first kappa shape index (κ1) is 10.9. The molecule has 15 heavy (non-hydrogen) atoms. The molecule has 1 aliphatic carbocycles. The lowest BCUT2D eigenvalue weighted by Crippen LogP contribution is -2.47. The molecule has 0 aromatic carbocycles. The smallest absolute Gasteiger partial charge is 0.306 e. The number of hydrogen-bond donors (Lipinski definition) is 1. The van der Waals surface area contributed by atoms with Gasteiger partial charge in [0.05, 0.1) is 12.5 Å². The highest BCUT2D eigenvalue weighted by atomic mass is 16.6. The summed E-state index contributed by atoms with van der Waals surface area (Å²) < 4.78 is 5.32. The maximum absolute atomic E-state index is 11.3. The van der Waals surface area contributed by atoms with Crippen molar-refractivity contribution in [1.29, 1.82) is 0 Å². The van der Waals surface area contributed by atoms with Crippen molar-refractivity contribution in [3.63, 3.8) is 0 Å². The number of carbonyl (C=O) groups is 1. The minimum absolute atomic E-state index is 0.0684. The van der Waals surface area contributed by atoms with Crippen molar-refractivity contribution in [2.24, 2.45) is 17.3 Å². The number of rotatable bonds is 1. The van der Waals surface area contributed by atoms with Crippen LogP contribution in [0, 0.1) is 17.3 Å². The molecule has 1 heterocycles. The molecule has 0 aromatic heterocycles. The highest BCUT2D eigenvalue weighted by molar-refractivity contribution is 5.73. The highest BCUT2D eigenvalue weighted by Crippen LogP contribution is 2.48. The fourth-order valence-electron chi connectivity index (χ4n) is 2.88. The summed E-state index contributed by atoms with van der Waals surface area (Å²) in [6, 6.07) is 0. The summed E-state index contributed by atoms with van der Waals surface area (Å²) in [4.78, 5) is 11.3. The second-order valence-electron chi connectivity index (χ2n) is 5.65. The van der Waals surface area contributed by atoms with Crippen molar-refractivity contribution in [1.82, 2.24) is 0 Å². The molecule has 2 rings (SSSR count). The normalized spacial score (nSPS) is 45.4. The van der Waals surface area contributed by atoms with Gasteiger partial charge >= 0.3 is 5.97 Å². The summed E-state index contributed by atoms with van der Waals surface area (Å²) in [6.45, 7) is 6.30. The number of carbonyl (C=O) groups excluding carboxylic acids is 1. The van der Waals surface area contributed by atoms with Crippen LogP contribution in [0.2, 0.25) is 0 Å². The Morgan fingerprint density at radius 1 is 1.47 bits per heavy atom. The van der Waals surface area contributed by atoms with Gasteiger partial charge in [-0.2, -0.15) is 0 Å². The number of fused-ring (bicyclic) bond motifs is 1. The lowest BCUT2D eigenvalue weighted by Gasteiger charge is -2.42. The van der Waals surface area contributed by atoms with Crippen LogP contribution in [0.3, 0.4) is 0 Å². The van der Waals surface area contributed by atoms with Gasteiger partial charge in [-0.15, -0.1) is 0 Å². The Labute approximate surface area is 90.8 Å². The van der Waals surface area contributed by atoms with Crippen LogP contribution in [0.1, 0.15) is 40.0 Å². The number of hydrogen-bond acceptors (Lipinski definition) is 3. The third kappa shape index (κ3) is 1.67. The molecule has 0 aromatic rings. The quantitative estimate of drug-likeness (QED) is 0.673. The average molecular weight is 212 g/mol. The topological polar surface area (TPSA) is 46.5 Å². The van der Waals surface area contributed by atoms with Gasteiger partial charge in [0.1, 0.15) is 6.10 Å². The van der Waals surface area contributed by atoms with E-state index < -0.39 is 6.10 Å². The Bertz CT molecular complexity index is 274. The van der Waals surface area contributed by atoms with Crippen LogP contribution in [0.25, 0.3) is 0 Å². The summed E-state index contributed by atoms with van der Waals surface area (Å²) in [5.41, 5.74) is -0.331. The number of aliphatic hydroxyl groups excluding tert-OH is 1. The van der Waals surface area contributed by atoms with Gasteiger partial charge in [-0.3, -0.25) is 4.79 Å². The molecule has 1 saturated carbocycles. The van der Waals surface area contributed by atoms with Gasteiger partial charge in [0.15, 0.2) is 0 Å². The van der Waals surface area contributed by atoms with E-state index in [2.05, 4.69) is 13.8 Å². The van der Waals surface area contributed by atoms with Crippen molar-refractivity contribution < 1.29 is 14.6 Å². The first-order chi connectivity index (χ1) is 6.93. The van der Waals surface area contributed by atoms with Gasteiger partial charge in [-0.05, 0) is 24.7 Å².